The van der Waals surface area contributed by atoms with E-state index in [9.17, 15) is 4.79 Å². The van der Waals surface area contributed by atoms with Crippen LogP contribution in [-0.2, 0) is 0 Å². The lowest BCUT2D eigenvalue weighted by Gasteiger charge is -2.12. The molecule has 1 aromatic heterocycles. The molecule has 0 unspecified atom stereocenters. The van der Waals surface area contributed by atoms with Gasteiger partial charge in [-0.05, 0) is 62.7 Å². The number of ether oxygens (including phenoxy) is 1. The van der Waals surface area contributed by atoms with Gasteiger partial charge in [0.2, 0.25) is 0 Å². The van der Waals surface area contributed by atoms with Crippen molar-refractivity contribution in [1.29, 1.82) is 0 Å². The van der Waals surface area contributed by atoms with Crippen molar-refractivity contribution in [3.8, 4) is 17.0 Å². The molecule has 4 heteroatoms. The first-order valence-corrected chi connectivity index (χ1v) is 8.20. The summed E-state index contributed by atoms with van der Waals surface area (Å²) >= 11 is 5.80. The summed E-state index contributed by atoms with van der Waals surface area (Å²) in [6.07, 6.45) is 0.0905. The van der Waals surface area contributed by atoms with Crippen LogP contribution in [0.3, 0.4) is 0 Å². The minimum Gasteiger partial charge on any atom is -0.491 e. The molecule has 0 N–H and O–H groups in total. The van der Waals surface area contributed by atoms with Gasteiger partial charge in [0.05, 0.1) is 17.3 Å². The van der Waals surface area contributed by atoms with Crippen LogP contribution in [0.5, 0.6) is 5.75 Å². The van der Waals surface area contributed by atoms with Crippen LogP contribution < -0.4 is 4.74 Å². The molecule has 0 saturated carbocycles. The molecule has 0 bridgehead atoms. The number of aromatic nitrogens is 1. The van der Waals surface area contributed by atoms with E-state index in [1.54, 1.807) is 6.07 Å². The van der Waals surface area contributed by atoms with Crippen LogP contribution in [0.25, 0.3) is 22.2 Å². The largest absolute Gasteiger partial charge is 0.491 e. The van der Waals surface area contributed by atoms with Gasteiger partial charge in [0, 0.05) is 16.5 Å². The number of hydrogen-bond acceptors (Lipinski definition) is 3. The maximum absolute atomic E-state index is 11.9. The average molecular weight is 340 g/mol. The molecule has 0 spiro atoms. The molecule has 1 heterocycles. The van der Waals surface area contributed by atoms with E-state index in [0.29, 0.717) is 11.3 Å². The minimum atomic E-state index is -0.483. The van der Waals surface area contributed by atoms with Crippen molar-refractivity contribution in [1.82, 2.24) is 4.98 Å². The summed E-state index contributed by atoms with van der Waals surface area (Å²) < 4.78 is 5.74. The Balaban J connectivity index is 2.17. The molecule has 0 fully saturated rings. The molecule has 0 radical (unpaired) electrons. The number of carbonyl (C=O) groups excluding carboxylic acids is 1. The second-order valence-corrected chi connectivity index (χ2v) is 6.39. The van der Waals surface area contributed by atoms with Crippen molar-refractivity contribution in [2.45, 2.75) is 26.9 Å². The summed E-state index contributed by atoms with van der Waals surface area (Å²) in [5.41, 5.74) is 3.86. The van der Waals surface area contributed by atoms with Gasteiger partial charge >= 0.3 is 0 Å². The average Bonchev–Trinajstić information content (AvgIpc) is 2.53. The maximum atomic E-state index is 11.9. The molecule has 0 aliphatic heterocycles. The van der Waals surface area contributed by atoms with Gasteiger partial charge in [-0.2, -0.15) is 0 Å². The predicted molar refractivity (Wildman–Crippen MR) is 97.9 cm³/mol. The summed E-state index contributed by atoms with van der Waals surface area (Å²) in [4.78, 5) is 16.6. The lowest BCUT2D eigenvalue weighted by Crippen LogP contribution is -2.05. The normalized spacial score (nSPS) is 11.0. The quantitative estimate of drug-likeness (QED) is 0.599. The first-order valence-electron chi connectivity index (χ1n) is 7.82. The molecule has 24 heavy (non-hydrogen) atoms. The monoisotopic (exact) mass is 339 g/mol. The fourth-order valence-corrected chi connectivity index (χ4v) is 2.81. The summed E-state index contributed by atoms with van der Waals surface area (Å²) in [6.45, 7) is 5.93. The van der Waals surface area contributed by atoms with E-state index in [2.05, 4.69) is 4.98 Å². The first kappa shape index (κ1) is 16.5. The highest BCUT2D eigenvalue weighted by molar-refractivity contribution is 6.68. The van der Waals surface area contributed by atoms with Crippen LogP contribution in [0.2, 0.25) is 0 Å². The Morgan fingerprint density at radius 3 is 2.62 bits per heavy atom. The number of benzene rings is 2. The van der Waals surface area contributed by atoms with Crippen molar-refractivity contribution in [2.24, 2.45) is 0 Å². The standard InChI is InChI=1S/C20H18ClNO2/c1-12(2)24-15-6-4-5-14(10-15)19-11-17(20(21)23)16-9-13(3)7-8-18(16)22-19/h4-12H,1-3H3. The Morgan fingerprint density at radius 2 is 1.92 bits per heavy atom. The third kappa shape index (κ3) is 3.41. The third-order valence-electron chi connectivity index (χ3n) is 3.68. The minimum absolute atomic E-state index is 0.0905. The second-order valence-electron chi connectivity index (χ2n) is 6.04. The molecule has 0 saturated heterocycles. The van der Waals surface area contributed by atoms with E-state index in [1.807, 2.05) is 63.2 Å². The molecule has 0 atom stereocenters. The molecule has 3 aromatic rings. The van der Waals surface area contributed by atoms with Gasteiger partial charge in [-0.1, -0.05) is 23.8 Å². The number of halogens is 1. The molecule has 0 aliphatic carbocycles. The van der Waals surface area contributed by atoms with Crippen LogP contribution in [-0.4, -0.2) is 16.3 Å². The number of rotatable bonds is 4. The van der Waals surface area contributed by atoms with E-state index in [-0.39, 0.29) is 6.10 Å². The number of hydrogen-bond donors (Lipinski definition) is 0. The molecule has 3 nitrogen and oxygen atoms in total. The highest BCUT2D eigenvalue weighted by Crippen LogP contribution is 2.28. The molecule has 2 aromatic carbocycles. The van der Waals surface area contributed by atoms with Crippen molar-refractivity contribution in [3.63, 3.8) is 0 Å². The SMILES string of the molecule is Cc1ccc2nc(-c3cccc(OC(C)C)c3)cc(C(=O)Cl)c2c1. The van der Waals surface area contributed by atoms with E-state index in [4.69, 9.17) is 16.3 Å². The van der Waals surface area contributed by atoms with Crippen molar-refractivity contribution >= 4 is 27.7 Å². The van der Waals surface area contributed by atoms with Crippen LogP contribution in [0.4, 0.5) is 0 Å². The molecule has 0 amide bonds. The molecule has 0 aliphatic rings. The fourth-order valence-electron chi connectivity index (χ4n) is 2.65. The number of carbonyl (C=O) groups is 1. The maximum Gasteiger partial charge on any atom is 0.253 e. The Labute approximate surface area is 146 Å². The summed E-state index contributed by atoms with van der Waals surface area (Å²) in [7, 11) is 0. The summed E-state index contributed by atoms with van der Waals surface area (Å²) in [6, 6.07) is 15.2. The van der Waals surface area contributed by atoms with E-state index in [0.717, 1.165) is 27.8 Å². The van der Waals surface area contributed by atoms with Gasteiger partial charge in [0.15, 0.2) is 0 Å². The summed E-state index contributed by atoms with van der Waals surface area (Å²) in [5.74, 6) is 0.770. The lowest BCUT2D eigenvalue weighted by atomic mass is 10.0. The van der Waals surface area contributed by atoms with Crippen molar-refractivity contribution in [2.75, 3.05) is 0 Å². The smallest absolute Gasteiger partial charge is 0.253 e. The number of nitrogens with zero attached hydrogens (tertiary/aromatic N) is 1. The highest BCUT2D eigenvalue weighted by Gasteiger charge is 2.13. The van der Waals surface area contributed by atoms with Crippen molar-refractivity contribution < 1.29 is 9.53 Å². The van der Waals surface area contributed by atoms with Gasteiger partial charge in [-0.3, -0.25) is 4.79 Å². The highest BCUT2D eigenvalue weighted by atomic mass is 35.5. The van der Waals surface area contributed by atoms with E-state index < -0.39 is 5.24 Å². The first-order chi connectivity index (χ1) is 11.4. The van der Waals surface area contributed by atoms with Gasteiger partial charge in [-0.15, -0.1) is 0 Å². The second kappa shape index (κ2) is 6.62. The van der Waals surface area contributed by atoms with Gasteiger partial charge in [-0.25, -0.2) is 4.98 Å². The van der Waals surface area contributed by atoms with Gasteiger partial charge < -0.3 is 4.74 Å². The number of aryl methyl sites for hydroxylation is 1. The third-order valence-corrected chi connectivity index (χ3v) is 3.88. The zero-order valence-corrected chi connectivity index (χ0v) is 14.6. The fraction of sp³-hybridized carbons (Fsp3) is 0.200. The van der Waals surface area contributed by atoms with Crippen molar-refractivity contribution in [3.05, 3.63) is 59.7 Å². The summed E-state index contributed by atoms with van der Waals surface area (Å²) in [5, 5.41) is 0.289. The van der Waals surface area contributed by atoms with Crippen LogP contribution in [0.1, 0.15) is 29.8 Å². The van der Waals surface area contributed by atoms with Crippen LogP contribution in [0, 0.1) is 6.92 Å². The molecule has 122 valence electrons. The Morgan fingerprint density at radius 1 is 1.12 bits per heavy atom. The molecular formula is C20H18ClNO2. The van der Waals surface area contributed by atoms with Gasteiger partial charge in [0.1, 0.15) is 5.75 Å². The Hall–Kier alpha value is -2.39. The molecule has 3 rings (SSSR count). The van der Waals surface area contributed by atoms with E-state index in [1.165, 1.54) is 0 Å². The predicted octanol–water partition coefficient (Wildman–Crippen LogP) is 5.38. The number of fused-ring (bicyclic) bond motifs is 1. The molecular weight excluding hydrogens is 322 g/mol. The van der Waals surface area contributed by atoms with Crippen LogP contribution in [0.15, 0.2) is 48.5 Å². The topological polar surface area (TPSA) is 39.2 Å². The lowest BCUT2D eigenvalue weighted by molar-refractivity contribution is 0.108. The van der Waals surface area contributed by atoms with E-state index >= 15 is 0 Å². The Kier molecular flexibility index (Phi) is 4.54. The zero-order chi connectivity index (χ0) is 17.3. The van der Waals surface area contributed by atoms with Crippen LogP contribution >= 0.6 is 11.6 Å². The number of pyridine rings is 1. The Bertz CT molecular complexity index is 919. The van der Waals surface area contributed by atoms with Gasteiger partial charge in [0.25, 0.3) is 5.24 Å². The zero-order valence-electron chi connectivity index (χ0n) is 13.8.